The largest absolute Gasteiger partial charge is 0.497 e. The normalized spacial score (nSPS) is 15.0. The summed E-state index contributed by atoms with van der Waals surface area (Å²) >= 11 is 0. The molecule has 2 aliphatic rings. The van der Waals surface area contributed by atoms with Crippen LogP contribution >= 0.6 is 0 Å². The Balaban J connectivity index is 1.43. The lowest BCUT2D eigenvalue weighted by molar-refractivity contribution is 0.0687. The van der Waals surface area contributed by atoms with Gasteiger partial charge >= 0.3 is 0 Å². The number of aliphatic imine (C=N–C) groups is 1. The fourth-order valence-corrected chi connectivity index (χ4v) is 4.18. The average molecular weight is 463 g/mol. The van der Waals surface area contributed by atoms with Gasteiger partial charge in [-0.15, -0.1) is 0 Å². The minimum atomic E-state index is -0.854. The molecule has 1 fully saturated rings. The first-order valence-electron chi connectivity index (χ1n) is 11.0. The zero-order valence-corrected chi connectivity index (χ0v) is 18.8. The first kappa shape index (κ1) is 21.9. The van der Waals surface area contributed by atoms with E-state index in [0.29, 0.717) is 49.1 Å². The molecule has 0 N–H and O–H groups in total. The first-order chi connectivity index (χ1) is 16.4. The number of rotatable bonds is 2. The van der Waals surface area contributed by atoms with Crippen molar-refractivity contribution in [3.63, 3.8) is 0 Å². The van der Waals surface area contributed by atoms with Crippen LogP contribution in [-0.2, 0) is 0 Å². The zero-order valence-electron chi connectivity index (χ0n) is 18.8. The summed E-state index contributed by atoms with van der Waals surface area (Å²) in [4.78, 5) is 21.4. The summed E-state index contributed by atoms with van der Waals surface area (Å²) in [6.07, 6.45) is 0. The van der Waals surface area contributed by atoms with Gasteiger partial charge in [0.15, 0.2) is 5.75 Å². The highest BCUT2D eigenvalue weighted by Crippen LogP contribution is 2.40. The summed E-state index contributed by atoms with van der Waals surface area (Å²) in [5.41, 5.74) is 2.46. The standard InChI is InChI=1S/C26H23F2N3O3/c1-16-3-8-22-24(13-16)34-23-15-18(33-2)5-7-20(23)25(29-22)30-9-11-31(12-10-30)26(32)19-6-4-17(27)14-21(19)28/h3-8,13-15H,9-12H2,1-2H3. The molecule has 174 valence electrons. The Kier molecular flexibility index (Phi) is 5.65. The average Bonchev–Trinajstić information content (AvgIpc) is 2.99. The van der Waals surface area contributed by atoms with Crippen molar-refractivity contribution in [2.45, 2.75) is 6.92 Å². The molecule has 3 aromatic carbocycles. The van der Waals surface area contributed by atoms with Gasteiger partial charge in [0, 0.05) is 38.3 Å². The maximum absolute atomic E-state index is 14.1. The molecule has 1 saturated heterocycles. The number of hydrogen-bond acceptors (Lipinski definition) is 5. The minimum Gasteiger partial charge on any atom is -0.497 e. The lowest BCUT2D eigenvalue weighted by Gasteiger charge is -2.36. The molecule has 0 unspecified atom stereocenters. The Labute approximate surface area is 196 Å². The van der Waals surface area contributed by atoms with E-state index in [9.17, 15) is 13.6 Å². The number of piperazine rings is 1. The summed E-state index contributed by atoms with van der Waals surface area (Å²) < 4.78 is 39.0. The number of carbonyl (C=O) groups is 1. The molecule has 0 spiro atoms. The fraction of sp³-hybridized carbons (Fsp3) is 0.231. The minimum absolute atomic E-state index is 0.128. The molecule has 8 heteroatoms. The summed E-state index contributed by atoms with van der Waals surface area (Å²) in [6.45, 7) is 3.75. The molecule has 3 aromatic rings. The van der Waals surface area contributed by atoms with E-state index in [1.807, 2.05) is 43.3 Å². The number of methoxy groups -OCH3 is 1. The number of hydrogen-bond donors (Lipinski definition) is 0. The Morgan fingerprint density at radius 1 is 0.971 bits per heavy atom. The molecular weight excluding hydrogens is 440 g/mol. The maximum Gasteiger partial charge on any atom is 0.256 e. The number of amidine groups is 1. The summed E-state index contributed by atoms with van der Waals surface area (Å²) in [5.74, 6) is 0.686. The third-order valence-electron chi connectivity index (χ3n) is 6.02. The molecule has 0 saturated carbocycles. The summed E-state index contributed by atoms with van der Waals surface area (Å²) in [6, 6.07) is 14.5. The quantitative estimate of drug-likeness (QED) is 0.541. The monoisotopic (exact) mass is 463 g/mol. The molecule has 0 aromatic heterocycles. The fourth-order valence-electron chi connectivity index (χ4n) is 4.18. The number of halogens is 2. The van der Waals surface area contributed by atoms with Crippen LogP contribution in [0.25, 0.3) is 0 Å². The zero-order chi connectivity index (χ0) is 23.8. The van der Waals surface area contributed by atoms with Gasteiger partial charge in [-0.1, -0.05) is 6.07 Å². The molecule has 0 radical (unpaired) electrons. The Bertz CT molecular complexity index is 1300. The van der Waals surface area contributed by atoms with Crippen LogP contribution < -0.4 is 9.47 Å². The van der Waals surface area contributed by atoms with Gasteiger partial charge in [-0.2, -0.15) is 0 Å². The Morgan fingerprint density at radius 3 is 2.50 bits per heavy atom. The van der Waals surface area contributed by atoms with Crippen molar-refractivity contribution in [2.24, 2.45) is 4.99 Å². The van der Waals surface area contributed by atoms with E-state index in [2.05, 4.69) is 4.90 Å². The van der Waals surface area contributed by atoms with E-state index in [4.69, 9.17) is 14.5 Å². The number of aryl methyl sites for hydroxylation is 1. The molecule has 2 heterocycles. The van der Waals surface area contributed by atoms with E-state index < -0.39 is 17.5 Å². The van der Waals surface area contributed by atoms with Crippen molar-refractivity contribution in [1.82, 2.24) is 9.80 Å². The highest BCUT2D eigenvalue weighted by molar-refractivity contribution is 6.04. The summed E-state index contributed by atoms with van der Waals surface area (Å²) in [7, 11) is 1.60. The van der Waals surface area contributed by atoms with Crippen LogP contribution in [0.4, 0.5) is 14.5 Å². The van der Waals surface area contributed by atoms with Crippen LogP contribution in [0.5, 0.6) is 17.2 Å². The molecule has 6 nitrogen and oxygen atoms in total. The van der Waals surface area contributed by atoms with Crippen molar-refractivity contribution in [2.75, 3.05) is 33.3 Å². The molecule has 2 aliphatic heterocycles. The van der Waals surface area contributed by atoms with Gasteiger partial charge in [0.1, 0.15) is 34.7 Å². The smallest absolute Gasteiger partial charge is 0.256 e. The number of fused-ring (bicyclic) bond motifs is 2. The van der Waals surface area contributed by atoms with Gasteiger partial charge < -0.3 is 19.3 Å². The lowest BCUT2D eigenvalue weighted by atomic mass is 10.1. The number of benzene rings is 3. The van der Waals surface area contributed by atoms with E-state index in [1.54, 1.807) is 12.0 Å². The predicted octanol–water partition coefficient (Wildman–Crippen LogP) is 4.92. The second-order valence-electron chi connectivity index (χ2n) is 8.27. The maximum atomic E-state index is 14.1. The number of amides is 1. The van der Waals surface area contributed by atoms with Gasteiger partial charge in [0.2, 0.25) is 0 Å². The van der Waals surface area contributed by atoms with Crippen LogP contribution in [0, 0.1) is 18.6 Å². The predicted molar refractivity (Wildman–Crippen MR) is 124 cm³/mol. The van der Waals surface area contributed by atoms with Crippen LogP contribution in [0.2, 0.25) is 0 Å². The molecule has 1 amide bonds. The van der Waals surface area contributed by atoms with Gasteiger partial charge in [-0.05, 0) is 48.9 Å². The number of nitrogens with zero attached hydrogens (tertiary/aromatic N) is 3. The van der Waals surface area contributed by atoms with Gasteiger partial charge in [-0.3, -0.25) is 4.79 Å². The highest BCUT2D eigenvalue weighted by Gasteiger charge is 2.29. The molecule has 0 bridgehead atoms. The molecule has 0 atom stereocenters. The topological polar surface area (TPSA) is 54.4 Å². The van der Waals surface area contributed by atoms with Crippen molar-refractivity contribution < 1.29 is 23.0 Å². The van der Waals surface area contributed by atoms with Crippen molar-refractivity contribution in [1.29, 1.82) is 0 Å². The Morgan fingerprint density at radius 2 is 1.76 bits per heavy atom. The third kappa shape index (κ3) is 4.07. The van der Waals surface area contributed by atoms with Crippen LogP contribution in [0.3, 0.4) is 0 Å². The van der Waals surface area contributed by atoms with Crippen molar-refractivity contribution in [3.05, 3.63) is 82.9 Å². The summed E-state index contributed by atoms with van der Waals surface area (Å²) in [5, 5.41) is 0. The second kappa shape index (κ2) is 8.78. The lowest BCUT2D eigenvalue weighted by Crippen LogP contribution is -2.51. The van der Waals surface area contributed by atoms with Crippen molar-refractivity contribution in [3.8, 4) is 17.2 Å². The number of ether oxygens (including phenoxy) is 2. The molecule has 0 aliphatic carbocycles. The Hall–Kier alpha value is -3.94. The van der Waals surface area contributed by atoms with Crippen molar-refractivity contribution >= 4 is 17.4 Å². The van der Waals surface area contributed by atoms with Crippen LogP contribution in [-0.4, -0.2) is 54.8 Å². The van der Waals surface area contributed by atoms with Gasteiger partial charge in [-0.25, -0.2) is 13.8 Å². The van der Waals surface area contributed by atoms with Gasteiger partial charge in [0.25, 0.3) is 5.91 Å². The highest BCUT2D eigenvalue weighted by atomic mass is 19.1. The second-order valence-corrected chi connectivity index (χ2v) is 8.27. The van der Waals surface area contributed by atoms with Crippen LogP contribution in [0.15, 0.2) is 59.6 Å². The van der Waals surface area contributed by atoms with E-state index in [1.165, 1.54) is 6.07 Å². The molecule has 5 rings (SSSR count). The molecular formula is C26H23F2N3O3. The van der Waals surface area contributed by atoms with E-state index >= 15 is 0 Å². The first-order valence-corrected chi connectivity index (χ1v) is 11.0. The molecule has 34 heavy (non-hydrogen) atoms. The van der Waals surface area contributed by atoms with E-state index in [-0.39, 0.29) is 5.56 Å². The SMILES string of the molecule is COc1ccc2c(c1)Oc1cc(C)ccc1N=C2N1CCN(C(=O)c2ccc(F)cc2F)CC1. The van der Waals surface area contributed by atoms with Crippen LogP contribution in [0.1, 0.15) is 21.5 Å². The van der Waals surface area contributed by atoms with Gasteiger partial charge in [0.05, 0.1) is 18.2 Å². The third-order valence-corrected chi connectivity index (χ3v) is 6.02. The van der Waals surface area contributed by atoms with E-state index in [0.717, 1.165) is 29.1 Å². The number of carbonyl (C=O) groups excluding carboxylic acids is 1.